The van der Waals surface area contributed by atoms with Gasteiger partial charge in [-0.25, -0.2) is 4.98 Å². The fourth-order valence-electron chi connectivity index (χ4n) is 6.63. The lowest BCUT2D eigenvalue weighted by Gasteiger charge is -2.13. The average molecular weight is 601 g/mol. The van der Waals surface area contributed by atoms with Crippen LogP contribution in [0.5, 0.6) is 0 Å². The molecule has 0 fully saturated rings. The summed E-state index contributed by atoms with van der Waals surface area (Å²) in [5, 5.41) is 4.90. The minimum Gasteiger partial charge on any atom is -0.436 e. The molecular formula is C44H28N2O. The Balaban J connectivity index is 1.23. The molecule has 0 saturated heterocycles. The lowest BCUT2D eigenvalue weighted by molar-refractivity contribution is 0.620. The normalized spacial score (nSPS) is 11.4. The van der Waals surface area contributed by atoms with Gasteiger partial charge < -0.3 is 4.42 Å². The van der Waals surface area contributed by atoms with Gasteiger partial charge in [-0.2, -0.15) is 0 Å². The molecule has 47 heavy (non-hydrogen) atoms. The number of fused-ring (bicyclic) bond motifs is 4. The van der Waals surface area contributed by atoms with E-state index in [1.165, 1.54) is 32.7 Å². The maximum absolute atomic E-state index is 6.60. The summed E-state index contributed by atoms with van der Waals surface area (Å²) < 4.78 is 6.60. The summed E-state index contributed by atoms with van der Waals surface area (Å²) in [6.07, 6.45) is 3.69. The van der Waals surface area contributed by atoms with Gasteiger partial charge in [0.05, 0.1) is 0 Å². The first-order valence-corrected chi connectivity index (χ1v) is 15.8. The Morgan fingerprint density at radius 2 is 1.02 bits per heavy atom. The van der Waals surface area contributed by atoms with Gasteiger partial charge in [-0.1, -0.05) is 121 Å². The largest absolute Gasteiger partial charge is 0.436 e. The molecule has 0 aliphatic rings. The summed E-state index contributed by atoms with van der Waals surface area (Å²) in [6.45, 7) is 0. The number of pyridine rings is 1. The Morgan fingerprint density at radius 1 is 0.404 bits per heavy atom. The van der Waals surface area contributed by atoms with Crippen LogP contribution in [0, 0.1) is 0 Å². The van der Waals surface area contributed by atoms with Gasteiger partial charge in [0.2, 0.25) is 5.89 Å². The van der Waals surface area contributed by atoms with Crippen molar-refractivity contribution >= 4 is 32.6 Å². The van der Waals surface area contributed by atoms with Crippen molar-refractivity contribution in [1.29, 1.82) is 0 Å². The number of hydrogen-bond acceptors (Lipinski definition) is 3. The number of aromatic nitrogens is 2. The highest BCUT2D eigenvalue weighted by atomic mass is 16.3. The fourth-order valence-corrected chi connectivity index (χ4v) is 6.63. The number of benzene rings is 7. The molecule has 0 aliphatic carbocycles. The predicted molar refractivity (Wildman–Crippen MR) is 194 cm³/mol. The molecule has 0 aliphatic heterocycles. The zero-order valence-corrected chi connectivity index (χ0v) is 25.5. The zero-order chi connectivity index (χ0) is 31.2. The monoisotopic (exact) mass is 600 g/mol. The van der Waals surface area contributed by atoms with Gasteiger partial charge in [0.15, 0.2) is 5.58 Å². The van der Waals surface area contributed by atoms with Crippen LogP contribution in [-0.4, -0.2) is 9.97 Å². The molecule has 0 unspecified atom stereocenters. The zero-order valence-electron chi connectivity index (χ0n) is 25.5. The molecule has 7 aromatic carbocycles. The van der Waals surface area contributed by atoms with E-state index in [2.05, 4.69) is 151 Å². The molecule has 0 radical (unpaired) electrons. The Kier molecular flexibility index (Phi) is 6.46. The van der Waals surface area contributed by atoms with Crippen molar-refractivity contribution in [3.8, 4) is 56.0 Å². The summed E-state index contributed by atoms with van der Waals surface area (Å²) in [5.74, 6) is 0.605. The van der Waals surface area contributed by atoms with Crippen LogP contribution < -0.4 is 0 Å². The second-order valence-corrected chi connectivity index (χ2v) is 11.8. The maximum atomic E-state index is 6.60. The Hall–Kier alpha value is -6.32. The third-order valence-corrected chi connectivity index (χ3v) is 9.00. The van der Waals surface area contributed by atoms with Crippen LogP contribution >= 0.6 is 0 Å². The molecule has 0 spiro atoms. The van der Waals surface area contributed by atoms with Crippen molar-refractivity contribution in [2.45, 2.75) is 0 Å². The van der Waals surface area contributed by atoms with E-state index >= 15 is 0 Å². The van der Waals surface area contributed by atoms with Gasteiger partial charge in [0.25, 0.3) is 0 Å². The van der Waals surface area contributed by atoms with Crippen molar-refractivity contribution in [1.82, 2.24) is 9.97 Å². The van der Waals surface area contributed by atoms with Crippen molar-refractivity contribution < 1.29 is 4.42 Å². The summed E-state index contributed by atoms with van der Waals surface area (Å²) in [7, 11) is 0. The average Bonchev–Trinajstić information content (AvgIpc) is 3.59. The molecule has 0 atom stereocenters. The van der Waals surface area contributed by atoms with Crippen LogP contribution in [0.4, 0.5) is 0 Å². The van der Waals surface area contributed by atoms with E-state index < -0.39 is 0 Å². The molecule has 0 bridgehead atoms. The molecule has 9 rings (SSSR count). The molecule has 0 N–H and O–H groups in total. The minimum absolute atomic E-state index is 0.605. The first kappa shape index (κ1) is 27.0. The summed E-state index contributed by atoms with van der Waals surface area (Å²) >= 11 is 0. The van der Waals surface area contributed by atoms with Gasteiger partial charge >= 0.3 is 0 Å². The molecule has 9 aromatic rings. The quantitative estimate of drug-likeness (QED) is 0.185. The molecule has 3 heteroatoms. The molecule has 2 aromatic heterocycles. The van der Waals surface area contributed by atoms with Gasteiger partial charge in [0.1, 0.15) is 5.52 Å². The van der Waals surface area contributed by atoms with E-state index in [0.717, 1.165) is 50.0 Å². The van der Waals surface area contributed by atoms with Crippen molar-refractivity contribution in [2.75, 3.05) is 0 Å². The summed E-state index contributed by atoms with van der Waals surface area (Å²) in [4.78, 5) is 9.42. The van der Waals surface area contributed by atoms with Crippen LogP contribution in [0.2, 0.25) is 0 Å². The van der Waals surface area contributed by atoms with E-state index in [1.54, 1.807) is 6.20 Å². The Labute approximate surface area is 272 Å². The third-order valence-electron chi connectivity index (χ3n) is 9.00. The van der Waals surface area contributed by atoms with Gasteiger partial charge in [-0.05, 0) is 96.9 Å². The van der Waals surface area contributed by atoms with E-state index in [0.29, 0.717) is 5.89 Å². The number of oxazole rings is 1. The highest BCUT2D eigenvalue weighted by Gasteiger charge is 2.18. The van der Waals surface area contributed by atoms with Crippen LogP contribution in [0.3, 0.4) is 0 Å². The van der Waals surface area contributed by atoms with Crippen molar-refractivity contribution in [3.63, 3.8) is 0 Å². The van der Waals surface area contributed by atoms with Gasteiger partial charge in [0, 0.05) is 23.5 Å². The van der Waals surface area contributed by atoms with Crippen LogP contribution in [0.1, 0.15) is 0 Å². The third kappa shape index (κ3) is 4.86. The maximum Gasteiger partial charge on any atom is 0.227 e. The van der Waals surface area contributed by atoms with Gasteiger partial charge in [-0.3, -0.25) is 4.98 Å². The molecule has 220 valence electrons. The summed E-state index contributed by atoms with van der Waals surface area (Å²) in [6, 6.07) is 55.5. The van der Waals surface area contributed by atoms with Gasteiger partial charge in [-0.15, -0.1) is 0 Å². The Bertz CT molecular complexity index is 2530. The molecule has 0 saturated carbocycles. The highest BCUT2D eigenvalue weighted by molar-refractivity contribution is 6.14. The van der Waals surface area contributed by atoms with Crippen LogP contribution in [0.15, 0.2) is 175 Å². The molecule has 3 nitrogen and oxygen atoms in total. The predicted octanol–water partition coefficient (Wildman–Crippen LogP) is 11.9. The van der Waals surface area contributed by atoms with E-state index in [-0.39, 0.29) is 0 Å². The highest BCUT2D eigenvalue weighted by Crippen LogP contribution is 2.41. The number of rotatable bonds is 5. The van der Waals surface area contributed by atoms with E-state index in [9.17, 15) is 0 Å². The van der Waals surface area contributed by atoms with Crippen molar-refractivity contribution in [3.05, 3.63) is 170 Å². The number of nitrogens with zero attached hydrogens (tertiary/aromatic N) is 2. The summed E-state index contributed by atoms with van der Waals surface area (Å²) in [5.41, 5.74) is 11.5. The Morgan fingerprint density at radius 3 is 1.79 bits per heavy atom. The van der Waals surface area contributed by atoms with Crippen LogP contribution in [-0.2, 0) is 0 Å². The molecule has 2 heterocycles. The van der Waals surface area contributed by atoms with E-state index in [4.69, 9.17) is 9.40 Å². The SMILES string of the molecule is c1ccc(-c2ccc(-c3nc4c(-c5ccc(-c6cccnc6)cc5)cc(-c5cc6ccccc6c6ccccc56)cc4o3)cc2)cc1. The van der Waals surface area contributed by atoms with Crippen molar-refractivity contribution in [2.24, 2.45) is 0 Å². The van der Waals surface area contributed by atoms with Crippen LogP contribution in [0.25, 0.3) is 88.6 Å². The first-order valence-electron chi connectivity index (χ1n) is 15.8. The van der Waals surface area contributed by atoms with E-state index in [1.807, 2.05) is 18.3 Å². The second kappa shape index (κ2) is 11.2. The standard InChI is InChI=1S/C44H28N2O/c1-2-9-29(10-3-1)30-18-22-33(23-19-30)44-46-43-41(32-20-16-31(17-21-32)35-12-8-24-45-28-35)26-36(27-42(43)47-44)40-25-34-11-4-5-13-37(34)38-14-6-7-15-39(38)40/h1-28H. The lowest BCUT2D eigenvalue weighted by Crippen LogP contribution is -1.88. The molecule has 0 amide bonds. The smallest absolute Gasteiger partial charge is 0.227 e. The molecular weight excluding hydrogens is 572 g/mol. The minimum atomic E-state index is 0.605. The fraction of sp³-hybridized carbons (Fsp3) is 0. The first-order chi connectivity index (χ1) is 23.3. The second-order valence-electron chi connectivity index (χ2n) is 11.8. The number of hydrogen-bond donors (Lipinski definition) is 0. The topological polar surface area (TPSA) is 38.9 Å². The lowest BCUT2D eigenvalue weighted by atomic mass is 9.91.